The van der Waals surface area contributed by atoms with Crippen molar-refractivity contribution in [3.8, 4) is 0 Å². The Morgan fingerprint density at radius 2 is 1.74 bits per heavy atom. The van der Waals surface area contributed by atoms with Gasteiger partial charge in [0, 0.05) is 31.9 Å². The predicted molar refractivity (Wildman–Crippen MR) is 134 cm³/mol. The Bertz CT molecular complexity index is 1380. The molecule has 4 rings (SSSR count). The average Bonchev–Trinajstić information content (AvgIpc) is 3.46. The SMILES string of the molecule is CCc1ccccc1N(C)C(=O)Cn1c(=O)n(C(C)C)c2ccc(S(=O)(=O)N3CCCC3)cc21. The number of anilines is 1. The Morgan fingerprint density at radius 1 is 1.06 bits per heavy atom. The summed E-state index contributed by atoms with van der Waals surface area (Å²) in [6.45, 7) is 6.63. The van der Waals surface area contributed by atoms with Crippen LogP contribution in [0.25, 0.3) is 11.0 Å². The number of aromatic nitrogens is 2. The predicted octanol–water partition coefficient (Wildman–Crippen LogP) is 3.39. The fourth-order valence-electron chi connectivity index (χ4n) is 4.66. The van der Waals surface area contributed by atoms with Gasteiger partial charge in [0.2, 0.25) is 15.9 Å². The van der Waals surface area contributed by atoms with Crippen LogP contribution in [-0.4, -0.2) is 47.9 Å². The normalized spacial score (nSPS) is 14.9. The Kier molecular flexibility index (Phi) is 6.69. The van der Waals surface area contributed by atoms with Crippen molar-refractivity contribution in [1.82, 2.24) is 13.4 Å². The van der Waals surface area contributed by atoms with E-state index in [1.165, 1.54) is 14.9 Å². The monoisotopic (exact) mass is 484 g/mol. The third kappa shape index (κ3) is 4.18. The lowest BCUT2D eigenvalue weighted by atomic mass is 10.1. The summed E-state index contributed by atoms with van der Waals surface area (Å²) >= 11 is 0. The first-order valence-electron chi connectivity index (χ1n) is 11.8. The molecule has 0 spiro atoms. The van der Waals surface area contributed by atoms with E-state index < -0.39 is 10.0 Å². The molecule has 9 heteroatoms. The molecule has 0 aliphatic carbocycles. The van der Waals surface area contributed by atoms with E-state index in [-0.39, 0.29) is 29.1 Å². The van der Waals surface area contributed by atoms with Gasteiger partial charge in [0.05, 0.1) is 15.9 Å². The molecule has 0 bridgehead atoms. The Balaban J connectivity index is 1.79. The van der Waals surface area contributed by atoms with Crippen LogP contribution in [0.3, 0.4) is 0 Å². The summed E-state index contributed by atoms with van der Waals surface area (Å²) in [6.07, 6.45) is 2.46. The lowest BCUT2D eigenvalue weighted by molar-refractivity contribution is -0.118. The highest BCUT2D eigenvalue weighted by Crippen LogP contribution is 2.26. The van der Waals surface area contributed by atoms with E-state index in [0.717, 1.165) is 30.5 Å². The van der Waals surface area contributed by atoms with E-state index in [1.807, 2.05) is 45.0 Å². The minimum Gasteiger partial charge on any atom is -0.314 e. The third-order valence-corrected chi connectivity index (χ3v) is 8.45. The molecule has 0 atom stereocenters. The molecule has 3 aromatic rings. The minimum atomic E-state index is -3.65. The van der Waals surface area contributed by atoms with Crippen LogP contribution < -0.4 is 10.6 Å². The summed E-state index contributed by atoms with van der Waals surface area (Å²) < 4.78 is 30.8. The van der Waals surface area contributed by atoms with Gasteiger partial charge in [-0.25, -0.2) is 13.2 Å². The molecule has 2 aromatic carbocycles. The topological polar surface area (TPSA) is 84.6 Å². The van der Waals surface area contributed by atoms with Crippen LogP contribution in [0, 0.1) is 0 Å². The molecular formula is C25H32N4O4S. The summed E-state index contributed by atoms with van der Waals surface area (Å²) in [5.41, 5.74) is 2.57. The average molecular weight is 485 g/mol. The van der Waals surface area contributed by atoms with Gasteiger partial charge in [-0.2, -0.15) is 4.31 Å². The molecule has 0 unspecified atom stereocenters. The van der Waals surface area contributed by atoms with Crippen LogP contribution in [0.5, 0.6) is 0 Å². The standard InChI is InChI=1S/C25H32N4O4S/c1-5-19-10-6-7-11-21(19)26(4)24(30)17-28-23-16-20(34(32,33)27-14-8-9-15-27)12-13-22(23)29(18(2)3)25(28)31/h6-7,10-13,16,18H,5,8-9,14-15,17H2,1-4H3. The molecule has 1 amide bonds. The van der Waals surface area contributed by atoms with Gasteiger partial charge < -0.3 is 4.90 Å². The van der Waals surface area contributed by atoms with Gasteiger partial charge in [0.25, 0.3) is 0 Å². The zero-order valence-corrected chi connectivity index (χ0v) is 21.0. The molecule has 1 aliphatic heterocycles. The minimum absolute atomic E-state index is 0.147. The molecule has 0 N–H and O–H groups in total. The van der Waals surface area contributed by atoms with E-state index in [4.69, 9.17) is 0 Å². The van der Waals surface area contributed by atoms with Crippen LogP contribution in [0.15, 0.2) is 52.2 Å². The number of likely N-dealkylation sites (N-methyl/N-ethyl adjacent to an activating group) is 1. The van der Waals surface area contributed by atoms with Crippen LogP contribution in [0.4, 0.5) is 5.69 Å². The second-order valence-corrected chi connectivity index (χ2v) is 11.0. The van der Waals surface area contributed by atoms with Crippen molar-refractivity contribution in [2.24, 2.45) is 0 Å². The zero-order valence-electron chi connectivity index (χ0n) is 20.2. The van der Waals surface area contributed by atoms with Crippen LogP contribution in [0.2, 0.25) is 0 Å². The first kappa shape index (κ1) is 24.2. The maximum absolute atomic E-state index is 13.4. The number of imidazole rings is 1. The fourth-order valence-corrected chi connectivity index (χ4v) is 6.20. The molecule has 1 aromatic heterocycles. The number of aryl methyl sites for hydroxylation is 1. The summed E-state index contributed by atoms with van der Waals surface area (Å²) in [7, 11) is -1.95. The Hall–Kier alpha value is -2.91. The molecule has 8 nitrogen and oxygen atoms in total. The van der Waals surface area contributed by atoms with Gasteiger partial charge in [0.1, 0.15) is 6.54 Å². The number of carbonyl (C=O) groups excluding carboxylic acids is 1. The van der Waals surface area contributed by atoms with Gasteiger partial charge in [-0.15, -0.1) is 0 Å². The van der Waals surface area contributed by atoms with Crippen molar-refractivity contribution in [2.45, 2.75) is 57.5 Å². The van der Waals surface area contributed by atoms with E-state index >= 15 is 0 Å². The second-order valence-electron chi connectivity index (χ2n) is 9.03. The Labute approximate surface area is 200 Å². The van der Waals surface area contributed by atoms with E-state index in [1.54, 1.807) is 28.6 Å². The van der Waals surface area contributed by atoms with Gasteiger partial charge >= 0.3 is 5.69 Å². The first-order chi connectivity index (χ1) is 16.2. The third-order valence-electron chi connectivity index (χ3n) is 6.55. The molecule has 2 heterocycles. The maximum Gasteiger partial charge on any atom is 0.329 e. The number of rotatable bonds is 7. The Morgan fingerprint density at radius 3 is 2.38 bits per heavy atom. The van der Waals surface area contributed by atoms with Crippen LogP contribution in [-0.2, 0) is 27.8 Å². The molecule has 0 saturated carbocycles. The van der Waals surface area contributed by atoms with Crippen molar-refractivity contribution in [3.63, 3.8) is 0 Å². The number of sulfonamides is 1. The zero-order chi connectivity index (χ0) is 24.6. The van der Waals surface area contributed by atoms with Gasteiger partial charge in [-0.05, 0) is 62.9 Å². The number of amides is 1. The quantitative estimate of drug-likeness (QED) is 0.515. The number of hydrogen-bond donors (Lipinski definition) is 0. The van der Waals surface area contributed by atoms with Gasteiger partial charge in [-0.1, -0.05) is 25.1 Å². The summed E-state index contributed by atoms with van der Waals surface area (Å²) in [5.74, 6) is -0.251. The summed E-state index contributed by atoms with van der Waals surface area (Å²) in [6, 6.07) is 12.3. The van der Waals surface area contributed by atoms with Crippen LogP contribution in [0.1, 0.15) is 45.2 Å². The summed E-state index contributed by atoms with van der Waals surface area (Å²) in [5, 5.41) is 0. The van der Waals surface area contributed by atoms with E-state index in [2.05, 4.69) is 0 Å². The second kappa shape index (κ2) is 9.38. The highest BCUT2D eigenvalue weighted by Gasteiger charge is 2.29. The number of carbonyl (C=O) groups is 1. The fraction of sp³-hybridized carbons (Fsp3) is 0.440. The summed E-state index contributed by atoms with van der Waals surface area (Å²) in [4.78, 5) is 28.3. The number of nitrogens with zero attached hydrogens (tertiary/aromatic N) is 4. The molecule has 1 saturated heterocycles. The van der Waals surface area contributed by atoms with Crippen molar-refractivity contribution >= 4 is 32.7 Å². The molecule has 1 fully saturated rings. The first-order valence-corrected chi connectivity index (χ1v) is 13.2. The molecule has 0 radical (unpaired) electrons. The van der Waals surface area contributed by atoms with Gasteiger partial charge in [-0.3, -0.25) is 13.9 Å². The number of benzene rings is 2. The highest BCUT2D eigenvalue weighted by molar-refractivity contribution is 7.89. The number of fused-ring (bicyclic) bond motifs is 1. The maximum atomic E-state index is 13.4. The van der Waals surface area contributed by atoms with Crippen molar-refractivity contribution in [3.05, 3.63) is 58.5 Å². The lowest BCUT2D eigenvalue weighted by Gasteiger charge is -2.20. The highest BCUT2D eigenvalue weighted by atomic mass is 32.2. The number of para-hydroxylation sites is 1. The van der Waals surface area contributed by atoms with Crippen molar-refractivity contribution in [2.75, 3.05) is 25.0 Å². The molecule has 1 aliphatic rings. The molecule has 182 valence electrons. The molecular weight excluding hydrogens is 452 g/mol. The number of hydrogen-bond acceptors (Lipinski definition) is 4. The van der Waals surface area contributed by atoms with E-state index in [9.17, 15) is 18.0 Å². The van der Waals surface area contributed by atoms with Crippen molar-refractivity contribution < 1.29 is 13.2 Å². The van der Waals surface area contributed by atoms with Crippen LogP contribution >= 0.6 is 0 Å². The largest absolute Gasteiger partial charge is 0.329 e. The lowest BCUT2D eigenvalue weighted by Crippen LogP contribution is -2.35. The van der Waals surface area contributed by atoms with Crippen molar-refractivity contribution in [1.29, 1.82) is 0 Å². The molecule has 34 heavy (non-hydrogen) atoms. The van der Waals surface area contributed by atoms with E-state index in [0.29, 0.717) is 24.1 Å². The smallest absolute Gasteiger partial charge is 0.314 e. The van der Waals surface area contributed by atoms with Gasteiger partial charge in [0.15, 0.2) is 0 Å².